The van der Waals surface area contributed by atoms with Crippen LogP contribution in [0.1, 0.15) is 51.8 Å². The van der Waals surface area contributed by atoms with Gasteiger partial charge in [-0.1, -0.05) is 58.5 Å². The van der Waals surface area contributed by atoms with Crippen molar-refractivity contribution in [3.05, 3.63) is 51.9 Å². The fourth-order valence-corrected chi connectivity index (χ4v) is 2.87. The summed E-state index contributed by atoms with van der Waals surface area (Å²) in [6, 6.07) is 9.78. The van der Waals surface area contributed by atoms with Gasteiger partial charge in [0.1, 0.15) is 5.75 Å². The molecule has 0 radical (unpaired) electrons. The van der Waals surface area contributed by atoms with Gasteiger partial charge >= 0.3 is 0 Å². The van der Waals surface area contributed by atoms with Gasteiger partial charge in [0.15, 0.2) is 5.16 Å². The smallest absolute Gasteiger partial charge is 0.251 e. The number of ether oxygens (including phenoxy) is 1. The van der Waals surface area contributed by atoms with Crippen LogP contribution < -0.4 is 10.3 Å². The van der Waals surface area contributed by atoms with Gasteiger partial charge in [0.25, 0.3) is 5.56 Å². The van der Waals surface area contributed by atoms with Crippen LogP contribution in [0.3, 0.4) is 0 Å². The number of aromatic amines is 1. The molecule has 0 saturated heterocycles. The number of thioether (sulfide) groups is 1. The second-order valence-corrected chi connectivity index (χ2v) is 8.19. The van der Waals surface area contributed by atoms with E-state index >= 15 is 0 Å². The molecule has 1 N–H and O–H groups in total. The van der Waals surface area contributed by atoms with Crippen molar-refractivity contribution >= 4 is 11.8 Å². The highest BCUT2D eigenvalue weighted by atomic mass is 32.2. The minimum Gasteiger partial charge on any atom is -0.493 e. The maximum Gasteiger partial charge on any atom is 0.251 e. The van der Waals surface area contributed by atoms with Gasteiger partial charge in [-0.2, -0.15) is 0 Å². The van der Waals surface area contributed by atoms with Gasteiger partial charge in [-0.15, -0.1) is 0 Å². The maximum atomic E-state index is 11.6. The fraction of sp³-hybridized carbons (Fsp3) is 0.474. The summed E-state index contributed by atoms with van der Waals surface area (Å²) in [7, 11) is 0. The van der Waals surface area contributed by atoms with E-state index in [1.807, 2.05) is 26.0 Å². The average molecular weight is 346 g/mol. The molecule has 130 valence electrons. The molecule has 0 aliphatic heterocycles. The molecule has 0 unspecified atom stereocenters. The Bertz CT molecular complexity index is 715. The molecule has 4 nitrogen and oxygen atoms in total. The van der Waals surface area contributed by atoms with E-state index in [9.17, 15) is 4.79 Å². The largest absolute Gasteiger partial charge is 0.493 e. The molecule has 0 aliphatic carbocycles. The number of aromatic nitrogens is 2. The van der Waals surface area contributed by atoms with Crippen molar-refractivity contribution in [2.75, 3.05) is 12.4 Å². The van der Waals surface area contributed by atoms with Crippen LogP contribution in [0.5, 0.6) is 5.75 Å². The summed E-state index contributed by atoms with van der Waals surface area (Å²) in [5.41, 5.74) is 2.15. The molecule has 1 aromatic carbocycles. The highest BCUT2D eigenvalue weighted by molar-refractivity contribution is 7.99. The van der Waals surface area contributed by atoms with E-state index in [0.717, 1.165) is 17.2 Å². The molecule has 0 amide bonds. The Morgan fingerprint density at radius 1 is 1.21 bits per heavy atom. The monoisotopic (exact) mass is 346 g/mol. The topological polar surface area (TPSA) is 55.0 Å². The lowest BCUT2D eigenvalue weighted by Gasteiger charge is -2.19. The summed E-state index contributed by atoms with van der Waals surface area (Å²) >= 11 is 1.50. The zero-order valence-corrected chi connectivity index (χ0v) is 15.9. The summed E-state index contributed by atoms with van der Waals surface area (Å²) in [6.45, 7) is 11.2. The zero-order chi connectivity index (χ0) is 17.7. The van der Waals surface area contributed by atoms with Crippen molar-refractivity contribution in [3.63, 3.8) is 0 Å². The molecule has 2 rings (SSSR count). The third-order valence-electron chi connectivity index (χ3n) is 3.64. The van der Waals surface area contributed by atoms with Crippen LogP contribution >= 0.6 is 11.8 Å². The Kier molecular flexibility index (Phi) is 6.10. The van der Waals surface area contributed by atoms with Crippen molar-refractivity contribution in [2.45, 2.75) is 51.1 Å². The molecule has 1 heterocycles. The number of nitrogens with one attached hydrogen (secondary N) is 1. The number of hydrogen-bond donors (Lipinski definition) is 1. The summed E-state index contributed by atoms with van der Waals surface area (Å²) < 4.78 is 5.76. The van der Waals surface area contributed by atoms with Crippen molar-refractivity contribution < 1.29 is 4.74 Å². The standard InChI is InChI=1S/C19H26N2O2S/c1-13(2)16-12-17(22)21-18(20-16)24-11-10-23-15-8-6-14(7-9-15)19(3,4)5/h6-9,12-13H,10-11H2,1-5H3,(H,20,21,22). The minimum atomic E-state index is -0.102. The first kappa shape index (κ1) is 18.6. The number of rotatable bonds is 6. The minimum absolute atomic E-state index is 0.102. The van der Waals surface area contributed by atoms with Crippen LogP contribution in [0.2, 0.25) is 0 Å². The first-order valence-electron chi connectivity index (χ1n) is 8.23. The van der Waals surface area contributed by atoms with E-state index in [1.165, 1.54) is 17.3 Å². The zero-order valence-electron chi connectivity index (χ0n) is 15.1. The van der Waals surface area contributed by atoms with Crippen LogP contribution in [0, 0.1) is 0 Å². The van der Waals surface area contributed by atoms with Crippen LogP contribution in [0.15, 0.2) is 40.3 Å². The molecular formula is C19H26N2O2S. The number of H-pyrrole nitrogens is 1. The van der Waals surface area contributed by atoms with Gasteiger partial charge < -0.3 is 9.72 Å². The van der Waals surface area contributed by atoms with Gasteiger partial charge in [0.2, 0.25) is 0 Å². The first-order valence-corrected chi connectivity index (χ1v) is 9.21. The number of benzene rings is 1. The van der Waals surface area contributed by atoms with Crippen molar-refractivity contribution in [1.82, 2.24) is 9.97 Å². The molecular weight excluding hydrogens is 320 g/mol. The second-order valence-electron chi connectivity index (χ2n) is 7.10. The van der Waals surface area contributed by atoms with E-state index < -0.39 is 0 Å². The SMILES string of the molecule is CC(C)c1cc(=O)[nH]c(SCCOc2ccc(C(C)(C)C)cc2)n1. The summed E-state index contributed by atoms with van der Waals surface area (Å²) in [5, 5.41) is 0.651. The lowest BCUT2D eigenvalue weighted by atomic mass is 9.87. The van der Waals surface area contributed by atoms with Gasteiger partial charge in [-0.25, -0.2) is 4.98 Å². The van der Waals surface area contributed by atoms with Gasteiger partial charge in [-0.05, 0) is 29.0 Å². The first-order chi connectivity index (χ1) is 11.3. The normalized spacial score (nSPS) is 11.8. The quantitative estimate of drug-likeness (QED) is 0.480. The van der Waals surface area contributed by atoms with Crippen molar-refractivity contribution in [1.29, 1.82) is 0 Å². The third-order valence-corrected chi connectivity index (χ3v) is 4.48. The van der Waals surface area contributed by atoms with Crippen LogP contribution in [-0.2, 0) is 5.41 Å². The van der Waals surface area contributed by atoms with Crippen LogP contribution in [0.4, 0.5) is 0 Å². The van der Waals surface area contributed by atoms with E-state index in [4.69, 9.17) is 4.74 Å². The summed E-state index contributed by atoms with van der Waals surface area (Å²) in [6.07, 6.45) is 0. The maximum absolute atomic E-state index is 11.6. The van der Waals surface area contributed by atoms with E-state index in [2.05, 4.69) is 42.9 Å². The van der Waals surface area contributed by atoms with Crippen molar-refractivity contribution in [3.8, 4) is 5.75 Å². The average Bonchev–Trinajstić information content (AvgIpc) is 2.50. The Morgan fingerprint density at radius 3 is 2.46 bits per heavy atom. The number of nitrogens with zero attached hydrogens (tertiary/aromatic N) is 1. The van der Waals surface area contributed by atoms with E-state index in [0.29, 0.717) is 11.8 Å². The summed E-state index contributed by atoms with van der Waals surface area (Å²) in [4.78, 5) is 18.9. The highest BCUT2D eigenvalue weighted by Crippen LogP contribution is 2.24. The Labute approximate surface area is 148 Å². The van der Waals surface area contributed by atoms with Gasteiger partial charge in [-0.3, -0.25) is 4.79 Å². The van der Waals surface area contributed by atoms with Gasteiger partial charge in [0.05, 0.1) is 12.3 Å². The molecule has 1 aromatic heterocycles. The van der Waals surface area contributed by atoms with Crippen molar-refractivity contribution in [2.24, 2.45) is 0 Å². The number of hydrogen-bond acceptors (Lipinski definition) is 4. The molecule has 0 atom stereocenters. The van der Waals surface area contributed by atoms with Crippen LogP contribution in [0.25, 0.3) is 0 Å². The predicted octanol–water partition coefficient (Wildman–Crippen LogP) is 4.36. The van der Waals surface area contributed by atoms with Gasteiger partial charge in [0, 0.05) is 11.8 Å². The predicted molar refractivity (Wildman–Crippen MR) is 100 cm³/mol. The molecule has 0 saturated carbocycles. The van der Waals surface area contributed by atoms with E-state index in [1.54, 1.807) is 6.07 Å². The third kappa shape index (κ3) is 5.41. The molecule has 0 spiro atoms. The second kappa shape index (κ2) is 7.88. The summed E-state index contributed by atoms with van der Waals surface area (Å²) in [5.74, 6) is 1.83. The Morgan fingerprint density at radius 2 is 1.88 bits per heavy atom. The lowest BCUT2D eigenvalue weighted by molar-refractivity contribution is 0.343. The molecule has 5 heteroatoms. The highest BCUT2D eigenvalue weighted by Gasteiger charge is 2.13. The molecule has 0 fully saturated rings. The van der Waals surface area contributed by atoms with Crippen LogP contribution in [-0.4, -0.2) is 22.3 Å². The lowest BCUT2D eigenvalue weighted by Crippen LogP contribution is -2.12. The molecule has 0 bridgehead atoms. The Hall–Kier alpha value is -1.75. The van der Waals surface area contributed by atoms with E-state index in [-0.39, 0.29) is 16.9 Å². The molecule has 24 heavy (non-hydrogen) atoms. The fourth-order valence-electron chi connectivity index (χ4n) is 2.17. The Balaban J connectivity index is 1.86. The molecule has 2 aromatic rings. The molecule has 0 aliphatic rings.